The second kappa shape index (κ2) is 6.69. The van der Waals surface area contributed by atoms with Crippen LogP contribution in [0.4, 0.5) is 0 Å². The summed E-state index contributed by atoms with van der Waals surface area (Å²) in [6.45, 7) is 0.328. The molecule has 0 fully saturated rings. The van der Waals surface area contributed by atoms with E-state index in [1.54, 1.807) is 11.7 Å². The van der Waals surface area contributed by atoms with Crippen LogP contribution in [0.5, 0.6) is 0 Å². The number of nitrogens with one attached hydrogen (secondary N) is 1. The van der Waals surface area contributed by atoms with E-state index in [1.165, 1.54) is 6.20 Å². The average Bonchev–Trinajstić information content (AvgIpc) is 2.86. The topological polar surface area (TPSA) is 84.2 Å². The molecule has 1 aromatic heterocycles. The highest BCUT2D eigenvalue weighted by Crippen LogP contribution is 2.22. The van der Waals surface area contributed by atoms with Crippen LogP contribution in [-0.2, 0) is 11.8 Å². The predicted molar refractivity (Wildman–Crippen MR) is 77.8 cm³/mol. The molecule has 0 radical (unpaired) electrons. The molecule has 6 heteroatoms. The Kier molecular flexibility index (Phi) is 4.71. The van der Waals surface area contributed by atoms with Crippen LogP contribution in [0.2, 0.25) is 0 Å². The van der Waals surface area contributed by atoms with Gasteiger partial charge in [0.15, 0.2) is 0 Å². The number of aliphatic carboxylic acids is 1. The summed E-state index contributed by atoms with van der Waals surface area (Å²) in [5.74, 6) is -1.11. The van der Waals surface area contributed by atoms with Gasteiger partial charge < -0.3 is 10.4 Å². The molecule has 0 unspecified atom stereocenters. The van der Waals surface area contributed by atoms with E-state index < -0.39 is 5.97 Å². The Morgan fingerprint density at radius 3 is 2.67 bits per heavy atom. The van der Waals surface area contributed by atoms with Gasteiger partial charge in [-0.25, -0.2) is 0 Å². The van der Waals surface area contributed by atoms with Crippen molar-refractivity contribution in [3.8, 4) is 11.3 Å². The summed E-state index contributed by atoms with van der Waals surface area (Å²) in [5, 5.41) is 15.4. The van der Waals surface area contributed by atoms with Crippen molar-refractivity contribution in [1.29, 1.82) is 0 Å². The molecule has 21 heavy (non-hydrogen) atoms. The van der Waals surface area contributed by atoms with Crippen molar-refractivity contribution in [3.05, 3.63) is 42.1 Å². The second-order valence-corrected chi connectivity index (χ2v) is 4.65. The van der Waals surface area contributed by atoms with Gasteiger partial charge in [-0.05, 0) is 6.42 Å². The first-order valence-corrected chi connectivity index (χ1v) is 6.67. The molecule has 0 aliphatic carbocycles. The van der Waals surface area contributed by atoms with Crippen LogP contribution in [0.25, 0.3) is 11.3 Å². The minimum Gasteiger partial charge on any atom is -0.481 e. The van der Waals surface area contributed by atoms with Crippen molar-refractivity contribution in [3.63, 3.8) is 0 Å². The smallest absolute Gasteiger partial charge is 0.303 e. The summed E-state index contributed by atoms with van der Waals surface area (Å²) in [7, 11) is 1.78. The molecule has 110 valence electrons. The largest absolute Gasteiger partial charge is 0.481 e. The van der Waals surface area contributed by atoms with Crippen LogP contribution in [0, 0.1) is 0 Å². The Balaban J connectivity index is 2.10. The lowest BCUT2D eigenvalue weighted by molar-refractivity contribution is -0.137. The number of nitrogens with zero attached hydrogens (tertiary/aromatic N) is 2. The molecule has 0 aliphatic rings. The summed E-state index contributed by atoms with van der Waals surface area (Å²) in [6.07, 6.45) is 1.97. The Morgan fingerprint density at radius 2 is 2.00 bits per heavy atom. The van der Waals surface area contributed by atoms with E-state index >= 15 is 0 Å². The monoisotopic (exact) mass is 287 g/mol. The van der Waals surface area contributed by atoms with Gasteiger partial charge in [-0.1, -0.05) is 30.3 Å². The molecule has 1 aromatic carbocycles. The van der Waals surface area contributed by atoms with Crippen LogP contribution in [-0.4, -0.2) is 33.3 Å². The van der Waals surface area contributed by atoms with Gasteiger partial charge in [-0.15, -0.1) is 0 Å². The van der Waals surface area contributed by atoms with Gasteiger partial charge in [0.25, 0.3) is 5.91 Å². The first kappa shape index (κ1) is 14.8. The number of carboxylic acids is 1. The Bertz CT molecular complexity index is 635. The van der Waals surface area contributed by atoms with Crippen molar-refractivity contribution < 1.29 is 14.7 Å². The van der Waals surface area contributed by atoms with E-state index in [0.717, 1.165) is 11.3 Å². The third-order valence-electron chi connectivity index (χ3n) is 3.08. The summed E-state index contributed by atoms with van der Waals surface area (Å²) in [6, 6.07) is 9.54. The standard InChI is InChI=1S/C15H17N3O3/c1-18-14(11-6-3-2-4-7-11)12(10-17-18)15(21)16-9-5-8-13(19)20/h2-4,6-7,10H,5,8-9H2,1H3,(H,16,21)(H,19,20). The molecule has 2 N–H and O–H groups in total. The zero-order valence-corrected chi connectivity index (χ0v) is 11.7. The van der Waals surface area contributed by atoms with Crippen molar-refractivity contribution in [1.82, 2.24) is 15.1 Å². The number of hydrogen-bond acceptors (Lipinski definition) is 3. The fraction of sp³-hybridized carbons (Fsp3) is 0.267. The number of carbonyl (C=O) groups is 2. The maximum absolute atomic E-state index is 12.2. The van der Waals surface area contributed by atoms with Crippen molar-refractivity contribution in [2.75, 3.05) is 6.54 Å². The van der Waals surface area contributed by atoms with Gasteiger partial charge in [-0.3, -0.25) is 14.3 Å². The van der Waals surface area contributed by atoms with E-state index in [2.05, 4.69) is 10.4 Å². The summed E-state index contributed by atoms with van der Waals surface area (Å²) in [4.78, 5) is 22.6. The molecule has 6 nitrogen and oxygen atoms in total. The minimum atomic E-state index is -0.865. The third kappa shape index (κ3) is 3.68. The number of benzene rings is 1. The average molecular weight is 287 g/mol. The number of hydrogen-bond donors (Lipinski definition) is 2. The maximum Gasteiger partial charge on any atom is 0.303 e. The van der Waals surface area contributed by atoms with Gasteiger partial charge in [0.05, 0.1) is 17.5 Å². The fourth-order valence-corrected chi connectivity index (χ4v) is 2.08. The number of amides is 1. The zero-order valence-electron chi connectivity index (χ0n) is 11.7. The summed E-state index contributed by atoms with van der Waals surface area (Å²) >= 11 is 0. The zero-order chi connectivity index (χ0) is 15.2. The van der Waals surface area contributed by atoms with Gasteiger partial charge in [0.1, 0.15) is 0 Å². The molecule has 2 rings (SSSR count). The van der Waals surface area contributed by atoms with Gasteiger partial charge >= 0.3 is 5.97 Å². The number of rotatable bonds is 6. The normalized spacial score (nSPS) is 10.3. The van der Waals surface area contributed by atoms with E-state index in [1.807, 2.05) is 30.3 Å². The third-order valence-corrected chi connectivity index (χ3v) is 3.08. The summed E-state index contributed by atoms with van der Waals surface area (Å²) in [5.41, 5.74) is 2.14. The van der Waals surface area contributed by atoms with E-state index in [9.17, 15) is 9.59 Å². The predicted octanol–water partition coefficient (Wildman–Crippen LogP) is 1.68. The van der Waals surface area contributed by atoms with E-state index in [4.69, 9.17) is 5.11 Å². The SMILES string of the molecule is Cn1ncc(C(=O)NCCCC(=O)O)c1-c1ccccc1. The highest BCUT2D eigenvalue weighted by molar-refractivity contribution is 5.99. The minimum absolute atomic E-state index is 0.0405. The molecular weight excluding hydrogens is 270 g/mol. The van der Waals surface area contributed by atoms with Gasteiger partial charge in [0, 0.05) is 25.6 Å². The molecular formula is C15H17N3O3. The number of carbonyl (C=O) groups excluding carboxylic acids is 1. The number of carboxylic acid groups (broad SMARTS) is 1. The molecule has 2 aromatic rings. The Hall–Kier alpha value is -2.63. The number of aromatic nitrogens is 2. The van der Waals surface area contributed by atoms with Crippen LogP contribution < -0.4 is 5.32 Å². The highest BCUT2D eigenvalue weighted by atomic mass is 16.4. The first-order valence-electron chi connectivity index (χ1n) is 6.67. The second-order valence-electron chi connectivity index (χ2n) is 4.65. The molecule has 0 saturated heterocycles. The molecule has 0 atom stereocenters. The molecule has 0 bridgehead atoms. The van der Waals surface area contributed by atoms with E-state index in [-0.39, 0.29) is 12.3 Å². The molecule has 1 amide bonds. The lowest BCUT2D eigenvalue weighted by Crippen LogP contribution is -2.25. The first-order chi connectivity index (χ1) is 10.1. The van der Waals surface area contributed by atoms with Crippen molar-refractivity contribution in [2.45, 2.75) is 12.8 Å². The summed E-state index contributed by atoms with van der Waals surface area (Å²) < 4.78 is 1.65. The lowest BCUT2D eigenvalue weighted by atomic mass is 10.1. The lowest BCUT2D eigenvalue weighted by Gasteiger charge is -2.07. The Labute approximate surface area is 122 Å². The van der Waals surface area contributed by atoms with Crippen molar-refractivity contribution >= 4 is 11.9 Å². The van der Waals surface area contributed by atoms with Crippen molar-refractivity contribution in [2.24, 2.45) is 7.05 Å². The van der Waals surface area contributed by atoms with Crippen LogP contribution in [0.1, 0.15) is 23.2 Å². The highest BCUT2D eigenvalue weighted by Gasteiger charge is 2.17. The number of aryl methyl sites for hydroxylation is 1. The molecule has 0 saturated carbocycles. The van der Waals surface area contributed by atoms with Crippen LogP contribution in [0.3, 0.4) is 0 Å². The maximum atomic E-state index is 12.2. The van der Waals surface area contributed by atoms with Gasteiger partial charge in [-0.2, -0.15) is 5.10 Å². The molecule has 1 heterocycles. The quantitative estimate of drug-likeness (QED) is 0.792. The fourth-order valence-electron chi connectivity index (χ4n) is 2.08. The Morgan fingerprint density at radius 1 is 1.29 bits per heavy atom. The molecule has 0 aliphatic heterocycles. The van der Waals surface area contributed by atoms with Crippen LogP contribution in [0.15, 0.2) is 36.5 Å². The van der Waals surface area contributed by atoms with E-state index in [0.29, 0.717) is 18.5 Å². The molecule has 0 spiro atoms. The van der Waals surface area contributed by atoms with Gasteiger partial charge in [0.2, 0.25) is 0 Å². The van der Waals surface area contributed by atoms with Crippen LogP contribution >= 0.6 is 0 Å².